The van der Waals surface area contributed by atoms with Gasteiger partial charge in [0.25, 0.3) is 0 Å². The van der Waals surface area contributed by atoms with Crippen LogP contribution in [0.5, 0.6) is 5.75 Å². The van der Waals surface area contributed by atoms with E-state index in [9.17, 15) is 22.8 Å². The molecule has 5 nitrogen and oxygen atoms in total. The molecule has 23 heavy (non-hydrogen) atoms. The highest BCUT2D eigenvalue weighted by Crippen LogP contribution is 2.35. The molecule has 0 aliphatic rings. The molecule has 1 aromatic rings. The summed E-state index contributed by atoms with van der Waals surface area (Å²) in [7, 11) is 0. The molecule has 0 heterocycles. The third kappa shape index (κ3) is 7.53. The Kier molecular flexibility index (Phi) is 7.37. The number of unbranched alkanes of at least 4 members (excludes halogenated alkanes) is 1. The maximum atomic E-state index is 12.7. The first-order chi connectivity index (χ1) is 10.8. The van der Waals surface area contributed by atoms with Gasteiger partial charge in [-0.3, -0.25) is 9.59 Å². The summed E-state index contributed by atoms with van der Waals surface area (Å²) in [4.78, 5) is 21.7. The lowest BCUT2D eigenvalue weighted by Gasteiger charge is -2.13. The molecular formula is C15H18F3NO4. The van der Waals surface area contributed by atoms with Crippen molar-refractivity contribution in [3.8, 4) is 5.75 Å². The molecule has 0 aliphatic carbocycles. The molecule has 1 rings (SSSR count). The van der Waals surface area contributed by atoms with E-state index in [1.54, 1.807) is 0 Å². The predicted octanol–water partition coefficient (Wildman–Crippen LogP) is 2.85. The van der Waals surface area contributed by atoms with E-state index < -0.39 is 17.7 Å². The number of carboxylic acids is 1. The van der Waals surface area contributed by atoms with E-state index in [1.165, 1.54) is 18.2 Å². The van der Waals surface area contributed by atoms with Gasteiger partial charge in [-0.2, -0.15) is 13.2 Å². The second kappa shape index (κ2) is 9.02. The molecule has 128 valence electrons. The van der Waals surface area contributed by atoms with E-state index in [0.717, 1.165) is 6.07 Å². The zero-order chi connectivity index (χ0) is 17.3. The number of para-hydroxylation sites is 1. The number of hydrogen-bond acceptors (Lipinski definition) is 3. The van der Waals surface area contributed by atoms with Gasteiger partial charge in [0, 0.05) is 12.8 Å². The van der Waals surface area contributed by atoms with Crippen molar-refractivity contribution in [2.75, 3.05) is 13.2 Å². The van der Waals surface area contributed by atoms with Crippen molar-refractivity contribution in [2.45, 2.75) is 31.9 Å². The van der Waals surface area contributed by atoms with Crippen LogP contribution in [0.15, 0.2) is 24.3 Å². The third-order valence-corrected chi connectivity index (χ3v) is 2.92. The molecule has 0 atom stereocenters. The second-order valence-corrected chi connectivity index (χ2v) is 4.79. The average molecular weight is 333 g/mol. The Morgan fingerprint density at radius 3 is 2.43 bits per heavy atom. The number of nitrogens with one attached hydrogen (secondary N) is 1. The number of ether oxygens (including phenoxy) is 1. The van der Waals surface area contributed by atoms with Gasteiger partial charge >= 0.3 is 12.1 Å². The van der Waals surface area contributed by atoms with Crippen molar-refractivity contribution in [3.05, 3.63) is 29.8 Å². The molecule has 0 aliphatic heterocycles. The largest absolute Gasteiger partial charge is 0.491 e. The van der Waals surface area contributed by atoms with E-state index in [4.69, 9.17) is 9.84 Å². The zero-order valence-corrected chi connectivity index (χ0v) is 12.4. The van der Waals surface area contributed by atoms with Crippen LogP contribution in [0.2, 0.25) is 0 Å². The van der Waals surface area contributed by atoms with Crippen LogP contribution in [0.4, 0.5) is 13.2 Å². The van der Waals surface area contributed by atoms with E-state index in [2.05, 4.69) is 5.32 Å². The minimum atomic E-state index is -4.50. The number of alkyl halides is 3. The second-order valence-electron chi connectivity index (χ2n) is 4.79. The normalized spacial score (nSPS) is 11.1. The van der Waals surface area contributed by atoms with Crippen LogP contribution >= 0.6 is 0 Å². The van der Waals surface area contributed by atoms with E-state index in [0.29, 0.717) is 12.8 Å². The van der Waals surface area contributed by atoms with E-state index >= 15 is 0 Å². The van der Waals surface area contributed by atoms with Gasteiger partial charge in [-0.15, -0.1) is 0 Å². The molecule has 0 spiro atoms. The first-order valence-corrected chi connectivity index (χ1v) is 7.08. The van der Waals surface area contributed by atoms with Crippen LogP contribution in [-0.2, 0) is 15.8 Å². The van der Waals surface area contributed by atoms with Crippen LogP contribution in [-0.4, -0.2) is 30.1 Å². The van der Waals surface area contributed by atoms with Crippen LogP contribution < -0.4 is 10.1 Å². The Morgan fingerprint density at radius 1 is 1.13 bits per heavy atom. The molecule has 0 radical (unpaired) electrons. The van der Waals surface area contributed by atoms with Crippen LogP contribution in [0.25, 0.3) is 0 Å². The summed E-state index contributed by atoms with van der Waals surface area (Å²) in [5.41, 5.74) is -0.861. The summed E-state index contributed by atoms with van der Waals surface area (Å²) in [6.07, 6.45) is -3.48. The number of hydrogen-bond donors (Lipinski definition) is 2. The topological polar surface area (TPSA) is 75.6 Å². The SMILES string of the molecule is O=C(O)CCCCC(=O)NCCOc1ccccc1C(F)(F)F. The van der Waals surface area contributed by atoms with Gasteiger partial charge in [0.2, 0.25) is 5.91 Å². The molecule has 0 saturated carbocycles. The molecular weight excluding hydrogens is 315 g/mol. The Balaban J connectivity index is 2.28. The number of aliphatic carboxylic acids is 1. The summed E-state index contributed by atoms with van der Waals surface area (Å²) in [5, 5.41) is 10.9. The highest BCUT2D eigenvalue weighted by molar-refractivity contribution is 5.75. The predicted molar refractivity (Wildman–Crippen MR) is 76.1 cm³/mol. The molecule has 1 aromatic carbocycles. The fraction of sp³-hybridized carbons (Fsp3) is 0.467. The number of amides is 1. The Labute approximate surface area is 131 Å². The maximum absolute atomic E-state index is 12.7. The van der Waals surface area contributed by atoms with Gasteiger partial charge in [-0.25, -0.2) is 0 Å². The lowest BCUT2D eigenvalue weighted by molar-refractivity contribution is -0.139. The smallest absolute Gasteiger partial charge is 0.419 e. The molecule has 0 fully saturated rings. The highest BCUT2D eigenvalue weighted by atomic mass is 19.4. The van der Waals surface area contributed by atoms with Gasteiger partial charge in [0.05, 0.1) is 12.1 Å². The van der Waals surface area contributed by atoms with Crippen molar-refractivity contribution in [3.63, 3.8) is 0 Å². The Bertz CT molecular complexity index is 532. The summed E-state index contributed by atoms with van der Waals surface area (Å²) in [6, 6.07) is 4.85. The molecule has 2 N–H and O–H groups in total. The van der Waals surface area contributed by atoms with Gasteiger partial charge in [-0.05, 0) is 25.0 Å². The van der Waals surface area contributed by atoms with Crippen LogP contribution in [0.3, 0.4) is 0 Å². The maximum Gasteiger partial charge on any atom is 0.419 e. The first-order valence-electron chi connectivity index (χ1n) is 7.08. The lowest BCUT2D eigenvalue weighted by Crippen LogP contribution is -2.28. The summed E-state index contributed by atoms with van der Waals surface area (Å²) in [6.45, 7) is -0.0160. The average Bonchev–Trinajstić information content (AvgIpc) is 2.47. The minimum Gasteiger partial charge on any atom is -0.491 e. The van der Waals surface area contributed by atoms with Crippen LogP contribution in [0.1, 0.15) is 31.2 Å². The first kappa shape index (κ1) is 18.8. The van der Waals surface area contributed by atoms with E-state index in [1.807, 2.05) is 0 Å². The summed E-state index contributed by atoms with van der Waals surface area (Å²) >= 11 is 0. The monoisotopic (exact) mass is 333 g/mol. The standard InChI is InChI=1S/C15H18F3NO4/c16-15(17,18)11-5-1-2-6-12(11)23-10-9-19-13(20)7-3-4-8-14(21)22/h1-2,5-6H,3-4,7-10H2,(H,19,20)(H,21,22). The van der Waals surface area contributed by atoms with E-state index in [-0.39, 0.29) is 37.6 Å². The molecule has 0 saturated heterocycles. The number of carboxylic acid groups (broad SMARTS) is 1. The minimum absolute atomic E-state index is 0.00458. The van der Waals surface area contributed by atoms with Gasteiger partial charge < -0.3 is 15.2 Å². The van der Waals surface area contributed by atoms with Crippen molar-refractivity contribution in [2.24, 2.45) is 0 Å². The number of rotatable bonds is 9. The third-order valence-electron chi connectivity index (χ3n) is 2.92. The number of benzene rings is 1. The van der Waals surface area contributed by atoms with Crippen LogP contribution in [0, 0.1) is 0 Å². The Morgan fingerprint density at radius 2 is 1.78 bits per heavy atom. The number of carbonyl (C=O) groups is 2. The lowest BCUT2D eigenvalue weighted by atomic mass is 10.2. The zero-order valence-electron chi connectivity index (χ0n) is 12.4. The summed E-state index contributed by atoms with van der Waals surface area (Å²) in [5.74, 6) is -1.49. The molecule has 8 heteroatoms. The highest BCUT2D eigenvalue weighted by Gasteiger charge is 2.33. The fourth-order valence-electron chi connectivity index (χ4n) is 1.83. The van der Waals surface area contributed by atoms with Crippen molar-refractivity contribution in [1.29, 1.82) is 0 Å². The van der Waals surface area contributed by atoms with Crippen molar-refractivity contribution >= 4 is 11.9 Å². The molecule has 0 unspecified atom stereocenters. The van der Waals surface area contributed by atoms with Gasteiger partial charge in [0.1, 0.15) is 12.4 Å². The van der Waals surface area contributed by atoms with Gasteiger partial charge in [-0.1, -0.05) is 12.1 Å². The Hall–Kier alpha value is -2.25. The molecule has 1 amide bonds. The number of halogens is 3. The fourth-order valence-corrected chi connectivity index (χ4v) is 1.83. The van der Waals surface area contributed by atoms with Gasteiger partial charge in [0.15, 0.2) is 0 Å². The molecule has 0 aromatic heterocycles. The number of carbonyl (C=O) groups excluding carboxylic acids is 1. The van der Waals surface area contributed by atoms with Crippen molar-refractivity contribution in [1.82, 2.24) is 5.32 Å². The molecule has 0 bridgehead atoms. The van der Waals surface area contributed by atoms with Crippen molar-refractivity contribution < 1.29 is 32.6 Å². The summed E-state index contributed by atoms with van der Waals surface area (Å²) < 4.78 is 43.2. The quantitative estimate of drug-likeness (QED) is 0.682.